The molecule has 2 aromatic carbocycles. The molecule has 0 radical (unpaired) electrons. The number of halogens is 2. The molecule has 1 fully saturated rings. The van der Waals surface area contributed by atoms with Crippen LogP contribution < -0.4 is 10.1 Å². The molecule has 0 amide bonds. The van der Waals surface area contributed by atoms with Crippen molar-refractivity contribution in [1.82, 2.24) is 9.80 Å². The van der Waals surface area contributed by atoms with Gasteiger partial charge in [0, 0.05) is 48.3 Å². The molecule has 27 heavy (non-hydrogen) atoms. The van der Waals surface area contributed by atoms with E-state index in [2.05, 4.69) is 15.1 Å². The van der Waals surface area contributed by atoms with E-state index in [1.165, 1.54) is 0 Å². The number of piperazine rings is 1. The van der Waals surface area contributed by atoms with E-state index in [4.69, 9.17) is 40.2 Å². The number of methoxy groups -OCH3 is 1. The van der Waals surface area contributed by atoms with Crippen molar-refractivity contribution in [1.29, 1.82) is 0 Å². The maximum atomic E-state index is 6.30. The molecular formula is C20H23Cl2N3OS. The van der Waals surface area contributed by atoms with Gasteiger partial charge in [-0.1, -0.05) is 35.3 Å². The van der Waals surface area contributed by atoms with Gasteiger partial charge in [-0.05, 0) is 49.0 Å². The van der Waals surface area contributed by atoms with Gasteiger partial charge in [-0.2, -0.15) is 0 Å². The zero-order chi connectivity index (χ0) is 19.4. The average Bonchev–Trinajstić information content (AvgIpc) is 2.65. The summed E-state index contributed by atoms with van der Waals surface area (Å²) in [6.45, 7) is 6.29. The van der Waals surface area contributed by atoms with Gasteiger partial charge in [0.1, 0.15) is 5.75 Å². The molecule has 1 saturated heterocycles. The van der Waals surface area contributed by atoms with Gasteiger partial charge in [-0.15, -0.1) is 0 Å². The lowest BCUT2D eigenvalue weighted by molar-refractivity contribution is 0.177. The Morgan fingerprint density at radius 1 is 1.11 bits per heavy atom. The van der Waals surface area contributed by atoms with E-state index >= 15 is 0 Å². The summed E-state index contributed by atoms with van der Waals surface area (Å²) in [5.74, 6) is 0.787. The van der Waals surface area contributed by atoms with Crippen LogP contribution >= 0.6 is 35.4 Å². The number of ether oxygens (including phenoxy) is 1. The number of aryl methyl sites for hydroxylation is 1. The Morgan fingerprint density at radius 2 is 1.78 bits per heavy atom. The zero-order valence-corrected chi connectivity index (χ0v) is 17.8. The highest BCUT2D eigenvalue weighted by Gasteiger charge is 2.21. The normalized spacial score (nSPS) is 14.9. The quantitative estimate of drug-likeness (QED) is 0.711. The topological polar surface area (TPSA) is 27.7 Å². The van der Waals surface area contributed by atoms with Crippen LogP contribution in [0.5, 0.6) is 5.75 Å². The molecule has 0 bridgehead atoms. The molecule has 0 spiro atoms. The lowest BCUT2D eigenvalue weighted by atomic mass is 10.2. The van der Waals surface area contributed by atoms with Gasteiger partial charge in [-0.3, -0.25) is 4.90 Å². The fourth-order valence-corrected chi connectivity index (χ4v) is 3.94. The first-order valence-electron chi connectivity index (χ1n) is 8.83. The summed E-state index contributed by atoms with van der Waals surface area (Å²) in [5, 5.41) is 5.48. The second-order valence-corrected chi connectivity index (χ2v) is 7.80. The van der Waals surface area contributed by atoms with Crippen LogP contribution in [0.3, 0.4) is 0 Å². The Hall–Kier alpha value is -1.53. The van der Waals surface area contributed by atoms with E-state index in [1.54, 1.807) is 7.11 Å². The summed E-state index contributed by atoms with van der Waals surface area (Å²) in [7, 11) is 1.66. The largest absolute Gasteiger partial charge is 0.495 e. The van der Waals surface area contributed by atoms with E-state index < -0.39 is 0 Å². The molecule has 1 heterocycles. The third-order valence-electron chi connectivity index (χ3n) is 4.70. The van der Waals surface area contributed by atoms with Crippen LogP contribution in [0.4, 0.5) is 5.69 Å². The standard InChI is InChI=1S/C20H23Cl2N3OS/c1-14-6-7-19(26-2)18(12-14)23-20(27)25-10-8-24(9-11-25)13-15-16(21)4-3-5-17(15)22/h3-7,12H,8-11,13H2,1-2H3,(H,23,27). The van der Waals surface area contributed by atoms with Crippen molar-refractivity contribution < 1.29 is 4.74 Å². The molecule has 0 saturated carbocycles. The van der Waals surface area contributed by atoms with Crippen LogP contribution in [-0.2, 0) is 6.54 Å². The molecule has 0 aliphatic carbocycles. The minimum Gasteiger partial charge on any atom is -0.495 e. The summed E-state index contributed by atoms with van der Waals surface area (Å²) in [4.78, 5) is 4.53. The predicted octanol–water partition coefficient (Wildman–Crippen LogP) is 4.83. The monoisotopic (exact) mass is 423 g/mol. The van der Waals surface area contributed by atoms with Crippen molar-refractivity contribution in [3.63, 3.8) is 0 Å². The maximum Gasteiger partial charge on any atom is 0.173 e. The lowest BCUT2D eigenvalue weighted by Gasteiger charge is -2.36. The SMILES string of the molecule is COc1ccc(C)cc1NC(=S)N1CCN(Cc2c(Cl)cccc2Cl)CC1. The second kappa shape index (κ2) is 9.11. The summed E-state index contributed by atoms with van der Waals surface area (Å²) in [6.07, 6.45) is 0. The molecule has 1 N–H and O–H groups in total. The Morgan fingerprint density at radius 3 is 2.41 bits per heavy atom. The number of hydrogen-bond donors (Lipinski definition) is 1. The maximum absolute atomic E-state index is 6.30. The summed E-state index contributed by atoms with van der Waals surface area (Å²) >= 11 is 18.2. The van der Waals surface area contributed by atoms with Gasteiger partial charge in [-0.25, -0.2) is 0 Å². The van der Waals surface area contributed by atoms with Crippen molar-refractivity contribution in [3.8, 4) is 5.75 Å². The van der Waals surface area contributed by atoms with Crippen LogP contribution in [0.25, 0.3) is 0 Å². The Labute approximate surface area is 176 Å². The molecule has 1 aliphatic heterocycles. The fraction of sp³-hybridized carbons (Fsp3) is 0.350. The van der Waals surface area contributed by atoms with Crippen LogP contribution in [0, 0.1) is 6.92 Å². The van der Waals surface area contributed by atoms with Crippen molar-refractivity contribution in [3.05, 3.63) is 57.6 Å². The van der Waals surface area contributed by atoms with Crippen molar-refractivity contribution in [2.75, 3.05) is 38.6 Å². The zero-order valence-electron chi connectivity index (χ0n) is 15.5. The van der Waals surface area contributed by atoms with Gasteiger partial charge in [0.2, 0.25) is 0 Å². The predicted molar refractivity (Wildman–Crippen MR) is 117 cm³/mol. The van der Waals surface area contributed by atoms with Crippen LogP contribution in [0.2, 0.25) is 10.0 Å². The Bertz CT molecular complexity index is 803. The van der Waals surface area contributed by atoms with Gasteiger partial charge >= 0.3 is 0 Å². The van der Waals surface area contributed by atoms with Crippen molar-refractivity contribution in [2.45, 2.75) is 13.5 Å². The highest BCUT2D eigenvalue weighted by atomic mass is 35.5. The van der Waals surface area contributed by atoms with E-state index in [9.17, 15) is 0 Å². The van der Waals surface area contributed by atoms with Gasteiger partial charge in [0.15, 0.2) is 5.11 Å². The van der Waals surface area contributed by atoms with Crippen LogP contribution in [0.1, 0.15) is 11.1 Å². The number of anilines is 1. The molecule has 0 atom stereocenters. The van der Waals surface area contributed by atoms with E-state index in [0.717, 1.165) is 55.3 Å². The molecule has 0 aromatic heterocycles. The first-order chi connectivity index (χ1) is 13.0. The Balaban J connectivity index is 1.57. The molecule has 144 valence electrons. The smallest absolute Gasteiger partial charge is 0.173 e. The number of rotatable bonds is 4. The number of hydrogen-bond acceptors (Lipinski definition) is 3. The molecule has 0 unspecified atom stereocenters. The molecule has 1 aliphatic rings. The third kappa shape index (κ3) is 5.05. The first-order valence-corrected chi connectivity index (χ1v) is 10.00. The number of nitrogens with zero attached hydrogens (tertiary/aromatic N) is 2. The van der Waals surface area contributed by atoms with Gasteiger partial charge < -0.3 is 15.0 Å². The average molecular weight is 424 g/mol. The molecule has 7 heteroatoms. The van der Waals surface area contributed by atoms with Crippen LogP contribution in [0.15, 0.2) is 36.4 Å². The van der Waals surface area contributed by atoms with E-state index in [1.807, 2.05) is 43.3 Å². The molecular weight excluding hydrogens is 401 g/mol. The number of thiocarbonyl (C=S) groups is 1. The highest BCUT2D eigenvalue weighted by molar-refractivity contribution is 7.80. The lowest BCUT2D eigenvalue weighted by Crippen LogP contribution is -2.49. The van der Waals surface area contributed by atoms with Crippen molar-refractivity contribution >= 4 is 46.2 Å². The highest BCUT2D eigenvalue weighted by Crippen LogP contribution is 2.27. The summed E-state index contributed by atoms with van der Waals surface area (Å²) in [6, 6.07) is 11.6. The minimum atomic E-state index is 0.716. The van der Waals surface area contributed by atoms with E-state index in [-0.39, 0.29) is 0 Å². The Kier molecular flexibility index (Phi) is 6.82. The van der Waals surface area contributed by atoms with Crippen molar-refractivity contribution in [2.24, 2.45) is 0 Å². The van der Waals surface area contributed by atoms with Gasteiger partial charge in [0.25, 0.3) is 0 Å². The fourth-order valence-electron chi connectivity index (χ4n) is 3.13. The summed E-state index contributed by atoms with van der Waals surface area (Å²) < 4.78 is 5.42. The second-order valence-electron chi connectivity index (χ2n) is 6.60. The summed E-state index contributed by atoms with van der Waals surface area (Å²) in [5.41, 5.74) is 3.04. The van der Waals surface area contributed by atoms with Gasteiger partial charge in [0.05, 0.1) is 12.8 Å². The van der Waals surface area contributed by atoms with Crippen LogP contribution in [-0.4, -0.2) is 48.2 Å². The van der Waals surface area contributed by atoms with E-state index in [0.29, 0.717) is 15.2 Å². The molecule has 4 nitrogen and oxygen atoms in total. The minimum absolute atomic E-state index is 0.716. The molecule has 3 rings (SSSR count). The number of nitrogens with one attached hydrogen (secondary N) is 1. The first kappa shape index (κ1) is 20.2. The number of benzene rings is 2. The molecule has 2 aromatic rings. The third-order valence-corrected chi connectivity index (χ3v) is 5.77.